The number of ketones is 2. The molecule has 73 heavy (non-hydrogen) atoms. The second-order valence-corrected chi connectivity index (χ2v) is 23.5. The van der Waals surface area contributed by atoms with Crippen molar-refractivity contribution in [2.45, 2.75) is 187 Å². The highest BCUT2D eigenvalue weighted by Gasteiger charge is 2.48. The van der Waals surface area contributed by atoms with Crippen molar-refractivity contribution in [3.8, 4) is 0 Å². The molecule has 0 aromatic heterocycles. The van der Waals surface area contributed by atoms with Crippen molar-refractivity contribution in [1.29, 1.82) is 0 Å². The maximum Gasteiger partial charge on any atom is 0.246 e. The van der Waals surface area contributed by atoms with Crippen LogP contribution in [0.3, 0.4) is 0 Å². The van der Waals surface area contributed by atoms with Crippen LogP contribution in [0.2, 0.25) is 0 Å². The Kier molecular flexibility index (Phi) is 19.2. The number of likely N-dealkylation sites (tertiary alicyclic amines) is 2. The van der Waals surface area contributed by atoms with Crippen LogP contribution in [0.15, 0.2) is 48.5 Å². The van der Waals surface area contributed by atoms with Gasteiger partial charge in [0.1, 0.15) is 35.7 Å². The van der Waals surface area contributed by atoms with Crippen molar-refractivity contribution in [3.05, 3.63) is 70.8 Å². The van der Waals surface area contributed by atoms with Crippen molar-refractivity contribution in [3.63, 3.8) is 0 Å². The van der Waals surface area contributed by atoms with E-state index >= 15 is 0 Å². The van der Waals surface area contributed by atoms with Crippen LogP contribution in [-0.2, 0) is 51.2 Å². The van der Waals surface area contributed by atoms with E-state index in [2.05, 4.69) is 44.0 Å². The molecule has 6 rings (SSSR count). The number of nitrogens with one attached hydrogen (secondary N) is 6. The molecule has 4 aliphatic rings. The summed E-state index contributed by atoms with van der Waals surface area (Å²) in [6.07, 6.45) is 6.60. The third-order valence-electron chi connectivity index (χ3n) is 15.7. The number of carbonyl (C=O) groups is 8. The molecule has 2 heterocycles. The molecular weight excluding hydrogens is 925 g/mol. The molecule has 6 N–H and O–H groups in total. The fraction of sp³-hybridized carbons (Fsp3) is 0.649. The van der Waals surface area contributed by atoms with E-state index in [1.807, 2.05) is 77.9 Å². The molecule has 10 atom stereocenters. The van der Waals surface area contributed by atoms with Gasteiger partial charge < -0.3 is 41.7 Å². The summed E-state index contributed by atoms with van der Waals surface area (Å²) in [6, 6.07) is 11.1. The Morgan fingerprint density at radius 1 is 0.575 bits per heavy atom. The summed E-state index contributed by atoms with van der Waals surface area (Å²) in [5.74, 6) is -2.77. The number of amides is 6. The van der Waals surface area contributed by atoms with Crippen LogP contribution < -0.4 is 31.9 Å². The van der Waals surface area contributed by atoms with Gasteiger partial charge in [-0.05, 0) is 131 Å². The van der Waals surface area contributed by atoms with Gasteiger partial charge in [-0.3, -0.25) is 38.4 Å². The molecule has 2 fully saturated rings. The number of Topliss-reactive ketones (excluding diaryl/α,β-unsaturated/α-hetero) is 2. The monoisotopic (exact) mass is 1010 g/mol. The number of hydrogen-bond acceptors (Lipinski definition) is 10. The molecule has 0 unspecified atom stereocenters. The zero-order chi connectivity index (χ0) is 53.4. The van der Waals surface area contributed by atoms with Crippen LogP contribution >= 0.6 is 0 Å². The number of aryl methyl sites for hydroxylation is 2. The molecule has 2 aromatic rings. The van der Waals surface area contributed by atoms with Crippen molar-refractivity contribution in [1.82, 2.24) is 41.7 Å². The predicted molar refractivity (Wildman–Crippen MR) is 281 cm³/mol. The van der Waals surface area contributed by atoms with Crippen LogP contribution in [0, 0.1) is 22.7 Å². The summed E-state index contributed by atoms with van der Waals surface area (Å²) in [6.45, 7) is 15.0. The molecule has 2 aromatic carbocycles. The van der Waals surface area contributed by atoms with E-state index in [-0.39, 0.29) is 123 Å². The predicted octanol–water partition coefficient (Wildman–Crippen LogP) is 5.17. The molecule has 0 saturated carbocycles. The van der Waals surface area contributed by atoms with Gasteiger partial charge in [-0.2, -0.15) is 0 Å². The minimum Gasteiger partial charge on any atom is -0.347 e. The maximum absolute atomic E-state index is 14.6. The third-order valence-corrected chi connectivity index (χ3v) is 15.7. The van der Waals surface area contributed by atoms with Crippen LogP contribution in [0.4, 0.5) is 0 Å². The number of nitrogens with zero attached hydrogens (tertiary/aromatic N) is 2. The highest BCUT2D eigenvalue weighted by Crippen LogP contribution is 2.36. The molecule has 400 valence electrons. The molecule has 16 nitrogen and oxygen atoms in total. The summed E-state index contributed by atoms with van der Waals surface area (Å²) in [5, 5.41) is 18.2. The Labute approximate surface area is 433 Å². The van der Waals surface area contributed by atoms with E-state index in [0.717, 1.165) is 49.7 Å². The standard InChI is InChI=1S/C57H84N8O8/c1-34(58-9)50(68)62-48(56(3,4)5)54(72)64-32-36(30-46(64)52(70)60-44-26-15-20-38-18-11-13-24-42(38)44)28-40(66)22-17-23-41(67)29-37-31-47(53(71)61-45-27-16-21-39-19-12-14-25-43(39)45)65(33-37)55(73)49(57(6,7)8)63-51(69)35(2)59-10/h11-14,18-19,24-25,34-37,44-49,58-59H,15-17,20-23,26-33H2,1-10H3,(H,60,70)(H,61,71)(H,62,68)(H,63,69)/t34-,35-,36-,37-,44+,45+,46-,47-,48+,49+/m0/s1. The zero-order valence-electron chi connectivity index (χ0n) is 45.2. The van der Waals surface area contributed by atoms with Gasteiger partial charge in [0.05, 0.1) is 24.2 Å². The number of fused-ring (bicyclic) bond motifs is 2. The highest BCUT2D eigenvalue weighted by molar-refractivity contribution is 5.95. The first-order chi connectivity index (χ1) is 34.5. The normalized spacial score (nSPS) is 23.5. The summed E-state index contributed by atoms with van der Waals surface area (Å²) in [4.78, 5) is 115. The molecule has 2 saturated heterocycles. The van der Waals surface area contributed by atoms with Crippen LogP contribution in [0.25, 0.3) is 0 Å². The number of likely N-dealkylation sites (N-methyl/N-ethyl adjacent to an activating group) is 2. The van der Waals surface area contributed by atoms with Gasteiger partial charge >= 0.3 is 0 Å². The molecule has 0 spiro atoms. The van der Waals surface area contributed by atoms with Gasteiger partial charge in [0.2, 0.25) is 35.4 Å². The van der Waals surface area contributed by atoms with E-state index in [9.17, 15) is 38.4 Å². The molecule has 0 bridgehead atoms. The van der Waals surface area contributed by atoms with E-state index in [0.29, 0.717) is 6.42 Å². The zero-order valence-corrected chi connectivity index (χ0v) is 45.2. The average Bonchev–Trinajstić information content (AvgIpc) is 3.98. The van der Waals surface area contributed by atoms with Crippen LogP contribution in [0.5, 0.6) is 0 Å². The third kappa shape index (κ3) is 14.4. The van der Waals surface area contributed by atoms with E-state index in [4.69, 9.17) is 0 Å². The van der Waals surface area contributed by atoms with Gasteiger partial charge in [-0.1, -0.05) is 90.1 Å². The minimum atomic E-state index is -0.931. The van der Waals surface area contributed by atoms with E-state index in [1.54, 1.807) is 37.7 Å². The first-order valence-electron chi connectivity index (χ1n) is 26.9. The van der Waals surface area contributed by atoms with Gasteiger partial charge in [-0.25, -0.2) is 0 Å². The minimum absolute atomic E-state index is 0.0718. The Hall–Kier alpha value is -5.48. The fourth-order valence-corrected chi connectivity index (χ4v) is 11.2. The van der Waals surface area contributed by atoms with Crippen LogP contribution in [-0.4, -0.2) is 120 Å². The molecule has 2 aliphatic carbocycles. The lowest BCUT2D eigenvalue weighted by molar-refractivity contribution is -0.144. The molecule has 2 aliphatic heterocycles. The Bertz CT molecular complexity index is 2180. The van der Waals surface area contributed by atoms with Crippen molar-refractivity contribution < 1.29 is 38.4 Å². The van der Waals surface area contributed by atoms with Gasteiger partial charge in [0.15, 0.2) is 0 Å². The summed E-state index contributed by atoms with van der Waals surface area (Å²) in [7, 11) is 3.34. The summed E-state index contributed by atoms with van der Waals surface area (Å²) in [5.41, 5.74) is 3.13. The van der Waals surface area contributed by atoms with Gasteiger partial charge in [0, 0.05) is 38.8 Å². The van der Waals surface area contributed by atoms with E-state index < -0.39 is 47.1 Å². The topological polar surface area (TPSA) is 215 Å². The lowest BCUT2D eigenvalue weighted by Gasteiger charge is -2.36. The van der Waals surface area contributed by atoms with Gasteiger partial charge in [-0.15, -0.1) is 0 Å². The second-order valence-electron chi connectivity index (χ2n) is 23.5. The number of carbonyl (C=O) groups excluding carboxylic acids is 8. The smallest absolute Gasteiger partial charge is 0.246 e. The maximum atomic E-state index is 14.6. The quantitative estimate of drug-likeness (QED) is 0.102. The fourth-order valence-electron chi connectivity index (χ4n) is 11.2. The Morgan fingerprint density at radius 2 is 0.945 bits per heavy atom. The molecule has 0 radical (unpaired) electrons. The Morgan fingerprint density at radius 3 is 1.30 bits per heavy atom. The summed E-state index contributed by atoms with van der Waals surface area (Å²) >= 11 is 0. The number of hydrogen-bond donors (Lipinski definition) is 6. The van der Waals surface area contributed by atoms with Crippen molar-refractivity contribution in [2.75, 3.05) is 27.2 Å². The molecule has 16 heteroatoms. The number of rotatable bonds is 20. The Balaban J connectivity index is 1.11. The SMILES string of the molecule is CN[C@@H](C)C(=O)N[C@H](C(=O)N1C[C@@H](CC(=O)CCCC(=O)C[C@H]2C[C@@H](C(=O)N[C@@H]3CCCc4ccccc43)N(C(=O)[C@@H](NC(=O)[C@H](C)NC)C(C)(C)C)C2)C[C@H]1C(=O)N[C@@H]1CCCc2ccccc21)C(C)(C)C. The molecule has 6 amide bonds. The highest BCUT2D eigenvalue weighted by atomic mass is 16.2. The summed E-state index contributed by atoms with van der Waals surface area (Å²) < 4.78 is 0. The number of benzene rings is 2. The lowest BCUT2D eigenvalue weighted by atomic mass is 9.85. The first kappa shape index (κ1) is 56.8. The van der Waals surface area contributed by atoms with Crippen LogP contribution in [0.1, 0.15) is 160 Å². The molecular formula is C57H84N8O8. The average molecular weight is 1010 g/mol. The van der Waals surface area contributed by atoms with Gasteiger partial charge in [0.25, 0.3) is 0 Å². The van der Waals surface area contributed by atoms with E-state index in [1.165, 1.54) is 11.1 Å². The van der Waals surface area contributed by atoms with Crippen molar-refractivity contribution in [2.24, 2.45) is 22.7 Å². The first-order valence-corrected chi connectivity index (χ1v) is 26.9. The lowest BCUT2D eigenvalue weighted by Crippen LogP contribution is -2.59. The van der Waals surface area contributed by atoms with Crippen molar-refractivity contribution >= 4 is 47.0 Å². The second kappa shape index (κ2) is 24.7. The largest absolute Gasteiger partial charge is 0.347 e.